The summed E-state index contributed by atoms with van der Waals surface area (Å²) in [5, 5.41) is 18.3. The number of aryl methyl sites for hydroxylation is 1. The summed E-state index contributed by atoms with van der Waals surface area (Å²) < 4.78 is 39.3. The maximum absolute atomic E-state index is 13.3. The van der Waals surface area contributed by atoms with Crippen molar-refractivity contribution in [1.29, 1.82) is 0 Å². The van der Waals surface area contributed by atoms with Gasteiger partial charge in [-0.2, -0.15) is 18.3 Å². The van der Waals surface area contributed by atoms with Gasteiger partial charge in [-0.1, -0.05) is 0 Å². The average molecular weight is 562 g/mol. The van der Waals surface area contributed by atoms with Crippen LogP contribution in [0.5, 0.6) is 5.75 Å². The molecule has 14 heteroatoms. The molecule has 1 saturated heterocycles. The molecular weight excluding hydrogens is 531 g/mol. The number of carboxylic acid groups (broad SMARTS) is 1. The summed E-state index contributed by atoms with van der Waals surface area (Å²) in [6.45, 7) is 7.98. The van der Waals surface area contributed by atoms with Crippen molar-refractivity contribution in [3.63, 3.8) is 0 Å². The van der Waals surface area contributed by atoms with E-state index in [0.717, 1.165) is 48.6 Å². The Labute approximate surface area is 227 Å². The fraction of sp³-hybridized carbons (Fsp3) is 0.462. The Kier molecular flexibility index (Phi) is 7.21. The Bertz CT molecular complexity index is 1440. The topological polar surface area (TPSA) is 124 Å². The van der Waals surface area contributed by atoms with Gasteiger partial charge in [-0.05, 0) is 51.3 Å². The SMILES string of the molecule is CCOc1cn2nc(C)cc2cc1NC(=O)N1CCc2c(N3CCNC4(CC4)C3)ccnc21.O=C(O)C(F)(F)F. The number of hydrogen-bond donors (Lipinski definition) is 3. The molecule has 1 spiro atoms. The van der Waals surface area contributed by atoms with Crippen molar-refractivity contribution in [2.45, 2.75) is 44.8 Å². The molecule has 2 amide bonds. The predicted octanol–water partition coefficient (Wildman–Crippen LogP) is 3.61. The van der Waals surface area contributed by atoms with Gasteiger partial charge in [0.15, 0.2) is 5.75 Å². The van der Waals surface area contributed by atoms with Crippen molar-refractivity contribution in [3.8, 4) is 5.75 Å². The highest BCUT2D eigenvalue weighted by molar-refractivity contribution is 6.04. The molecule has 0 unspecified atom stereocenters. The van der Waals surface area contributed by atoms with E-state index in [2.05, 4.69) is 31.7 Å². The van der Waals surface area contributed by atoms with E-state index < -0.39 is 12.1 Å². The number of pyridine rings is 2. The molecule has 2 aliphatic heterocycles. The first-order valence-electron chi connectivity index (χ1n) is 13.0. The summed E-state index contributed by atoms with van der Waals surface area (Å²) in [5.74, 6) is -1.40. The second-order valence-electron chi connectivity index (χ2n) is 10.0. The number of hydrogen-bond acceptors (Lipinski definition) is 7. The maximum Gasteiger partial charge on any atom is 0.490 e. The number of urea groups is 1. The van der Waals surface area contributed by atoms with Crippen molar-refractivity contribution >= 4 is 34.7 Å². The lowest BCUT2D eigenvalue weighted by molar-refractivity contribution is -0.192. The van der Waals surface area contributed by atoms with E-state index in [1.165, 1.54) is 18.5 Å². The average Bonchev–Trinajstić information content (AvgIpc) is 3.31. The molecule has 1 aliphatic carbocycles. The number of rotatable bonds is 4. The van der Waals surface area contributed by atoms with E-state index in [4.69, 9.17) is 14.6 Å². The van der Waals surface area contributed by atoms with Crippen LogP contribution in [0.1, 0.15) is 31.0 Å². The summed E-state index contributed by atoms with van der Waals surface area (Å²) in [4.78, 5) is 31.1. The molecule has 3 aromatic heterocycles. The van der Waals surface area contributed by atoms with Crippen LogP contribution in [0, 0.1) is 6.92 Å². The Balaban J connectivity index is 0.000000411. The van der Waals surface area contributed by atoms with Gasteiger partial charge in [0.25, 0.3) is 0 Å². The summed E-state index contributed by atoms with van der Waals surface area (Å²) in [6.07, 6.45) is 1.85. The first-order valence-corrected chi connectivity index (χ1v) is 13.0. The number of aliphatic carboxylic acids is 1. The molecule has 3 aromatic rings. The zero-order chi connectivity index (χ0) is 28.7. The summed E-state index contributed by atoms with van der Waals surface area (Å²) in [5.41, 5.74) is 5.13. The predicted molar refractivity (Wildman–Crippen MR) is 141 cm³/mol. The number of nitrogens with zero attached hydrogens (tertiary/aromatic N) is 5. The highest BCUT2D eigenvalue weighted by Gasteiger charge is 2.46. The first kappa shape index (κ1) is 27.5. The number of amides is 2. The van der Waals surface area contributed by atoms with Crippen LogP contribution < -0.4 is 25.2 Å². The third kappa shape index (κ3) is 5.62. The molecule has 40 heavy (non-hydrogen) atoms. The third-order valence-electron chi connectivity index (χ3n) is 7.13. The maximum atomic E-state index is 13.3. The molecule has 5 heterocycles. The van der Waals surface area contributed by atoms with Crippen LogP contribution in [0.2, 0.25) is 0 Å². The number of alkyl halides is 3. The number of anilines is 3. The van der Waals surface area contributed by atoms with E-state index in [1.54, 1.807) is 9.42 Å². The Morgan fingerprint density at radius 3 is 2.67 bits per heavy atom. The minimum atomic E-state index is -5.08. The molecule has 11 nitrogen and oxygen atoms in total. The number of carbonyl (C=O) groups excluding carboxylic acids is 1. The normalized spacial score (nSPS) is 17.3. The number of halogens is 3. The van der Waals surface area contributed by atoms with Crippen molar-refractivity contribution in [3.05, 3.63) is 41.9 Å². The van der Waals surface area contributed by atoms with E-state index in [1.807, 2.05) is 38.4 Å². The van der Waals surface area contributed by atoms with E-state index in [-0.39, 0.29) is 6.03 Å². The zero-order valence-corrected chi connectivity index (χ0v) is 22.1. The largest absolute Gasteiger partial charge is 0.490 e. The van der Waals surface area contributed by atoms with Crippen LogP contribution >= 0.6 is 0 Å². The molecule has 0 radical (unpaired) electrons. The second kappa shape index (κ2) is 10.5. The van der Waals surface area contributed by atoms with Crippen LogP contribution in [0.3, 0.4) is 0 Å². The van der Waals surface area contributed by atoms with Gasteiger partial charge in [0.1, 0.15) is 5.82 Å². The smallest absolute Gasteiger partial charge is 0.490 e. The molecule has 3 N–H and O–H groups in total. The summed E-state index contributed by atoms with van der Waals surface area (Å²) in [7, 11) is 0. The van der Waals surface area contributed by atoms with Crippen molar-refractivity contribution < 1.29 is 32.6 Å². The monoisotopic (exact) mass is 561 g/mol. The third-order valence-corrected chi connectivity index (χ3v) is 7.13. The molecule has 6 rings (SSSR count). The number of aromatic nitrogens is 3. The van der Waals surface area contributed by atoms with Crippen molar-refractivity contribution in [2.75, 3.05) is 47.9 Å². The number of carboxylic acids is 1. The van der Waals surface area contributed by atoms with Gasteiger partial charge in [0.2, 0.25) is 0 Å². The highest BCUT2D eigenvalue weighted by Crippen LogP contribution is 2.41. The minimum absolute atomic E-state index is 0.195. The number of nitrogens with one attached hydrogen (secondary N) is 2. The van der Waals surface area contributed by atoms with Gasteiger partial charge in [0.05, 0.1) is 29.7 Å². The number of fused-ring (bicyclic) bond motifs is 2. The van der Waals surface area contributed by atoms with E-state index >= 15 is 0 Å². The molecule has 1 saturated carbocycles. The first-order chi connectivity index (χ1) is 19.0. The van der Waals surface area contributed by atoms with Gasteiger partial charge in [-0.3, -0.25) is 4.90 Å². The van der Waals surface area contributed by atoms with Gasteiger partial charge in [0, 0.05) is 49.2 Å². The minimum Gasteiger partial charge on any atom is -0.490 e. The fourth-order valence-corrected chi connectivity index (χ4v) is 5.11. The van der Waals surface area contributed by atoms with Crippen LogP contribution in [-0.4, -0.2) is 76.2 Å². The quantitative estimate of drug-likeness (QED) is 0.442. The standard InChI is InChI=1S/C24H29N7O2.C2HF3O2/c1-3-33-21-14-31-17(12-16(2)28-31)13-19(21)27-23(32)30-10-5-18-20(4-8-25-22(18)30)29-11-9-26-24(15-29)6-7-24;3-2(4,5)1(6)7/h4,8,12-14,26H,3,5-7,9-11,15H2,1-2H3,(H,27,32);(H,6,7). The molecule has 2 fully saturated rings. The fourth-order valence-electron chi connectivity index (χ4n) is 5.11. The lowest BCUT2D eigenvalue weighted by Gasteiger charge is -2.36. The zero-order valence-electron chi connectivity index (χ0n) is 22.1. The van der Waals surface area contributed by atoms with Crippen molar-refractivity contribution in [1.82, 2.24) is 19.9 Å². The van der Waals surface area contributed by atoms with Crippen LogP contribution in [0.25, 0.3) is 5.52 Å². The van der Waals surface area contributed by atoms with Crippen LogP contribution in [-0.2, 0) is 11.2 Å². The van der Waals surface area contributed by atoms with Crippen molar-refractivity contribution in [2.24, 2.45) is 0 Å². The number of carbonyl (C=O) groups is 2. The lowest BCUT2D eigenvalue weighted by Crippen LogP contribution is -2.52. The van der Waals surface area contributed by atoms with Gasteiger partial charge < -0.3 is 25.4 Å². The molecule has 0 aromatic carbocycles. The van der Waals surface area contributed by atoms with Crippen LogP contribution in [0.15, 0.2) is 30.6 Å². The molecular formula is C26H30F3N7O4. The van der Waals surface area contributed by atoms with E-state index in [9.17, 15) is 18.0 Å². The van der Waals surface area contributed by atoms with Gasteiger partial charge in [-0.25, -0.2) is 19.1 Å². The van der Waals surface area contributed by atoms with E-state index in [0.29, 0.717) is 30.1 Å². The second-order valence-corrected chi connectivity index (χ2v) is 10.0. The van der Waals surface area contributed by atoms with Crippen LogP contribution in [0.4, 0.5) is 35.2 Å². The summed E-state index contributed by atoms with van der Waals surface area (Å²) in [6, 6.07) is 5.79. The lowest BCUT2D eigenvalue weighted by atomic mass is 10.1. The molecule has 0 atom stereocenters. The molecule has 0 bridgehead atoms. The summed E-state index contributed by atoms with van der Waals surface area (Å²) >= 11 is 0. The van der Waals surface area contributed by atoms with Gasteiger partial charge in [-0.15, -0.1) is 0 Å². The Morgan fingerprint density at radius 2 is 2.00 bits per heavy atom. The number of piperazine rings is 1. The Hall–Kier alpha value is -4.07. The molecule has 214 valence electrons. The Morgan fingerprint density at radius 1 is 1.25 bits per heavy atom. The number of ether oxygens (including phenoxy) is 1. The highest BCUT2D eigenvalue weighted by atomic mass is 19.4. The molecule has 3 aliphatic rings. The van der Waals surface area contributed by atoms with Gasteiger partial charge >= 0.3 is 18.2 Å².